The van der Waals surface area contributed by atoms with Crippen LogP contribution >= 0.6 is 0 Å². The van der Waals surface area contributed by atoms with Crippen molar-refractivity contribution in [2.75, 3.05) is 5.32 Å². The standard InChI is InChI=1S/C22H16F2N2O4/c1-13(27)30-19-11-10-15(12-16(19)14-6-3-2-4-7-14)25-22(29)26-21(28)20-17(23)8-5-9-18(20)24/h2-12H,1H3,(H2,25,26,28,29). The average Bonchev–Trinajstić information content (AvgIpc) is 2.69. The summed E-state index contributed by atoms with van der Waals surface area (Å²) < 4.78 is 32.6. The topological polar surface area (TPSA) is 84.5 Å². The maximum atomic E-state index is 13.7. The zero-order chi connectivity index (χ0) is 21.7. The molecule has 0 aliphatic carbocycles. The van der Waals surface area contributed by atoms with Crippen LogP contribution in [0.1, 0.15) is 17.3 Å². The average molecular weight is 410 g/mol. The minimum atomic E-state index is -1.22. The van der Waals surface area contributed by atoms with Gasteiger partial charge in [0, 0.05) is 18.2 Å². The van der Waals surface area contributed by atoms with Crippen LogP contribution in [0.25, 0.3) is 11.1 Å². The lowest BCUT2D eigenvalue weighted by Crippen LogP contribution is -2.35. The zero-order valence-corrected chi connectivity index (χ0v) is 15.7. The first-order valence-corrected chi connectivity index (χ1v) is 8.79. The molecule has 0 saturated carbocycles. The van der Waals surface area contributed by atoms with Crippen molar-refractivity contribution in [2.45, 2.75) is 6.92 Å². The SMILES string of the molecule is CC(=O)Oc1ccc(NC(=O)NC(=O)c2c(F)cccc2F)cc1-c1ccccc1. The number of carbonyl (C=O) groups excluding carboxylic acids is 3. The van der Waals surface area contributed by atoms with Crippen LogP contribution in [-0.2, 0) is 4.79 Å². The van der Waals surface area contributed by atoms with Crippen LogP contribution in [0, 0.1) is 11.6 Å². The maximum absolute atomic E-state index is 13.7. The molecular formula is C22H16F2N2O4. The van der Waals surface area contributed by atoms with Crippen LogP contribution in [0.5, 0.6) is 5.75 Å². The Labute approximate surface area is 170 Å². The number of nitrogens with one attached hydrogen (secondary N) is 2. The number of carbonyl (C=O) groups is 3. The Balaban J connectivity index is 1.82. The summed E-state index contributed by atoms with van der Waals surface area (Å²) in [7, 11) is 0. The van der Waals surface area contributed by atoms with Gasteiger partial charge < -0.3 is 10.1 Å². The Bertz CT molecular complexity index is 1100. The van der Waals surface area contributed by atoms with Crippen molar-refractivity contribution in [3.05, 3.63) is 83.9 Å². The molecule has 0 heterocycles. The largest absolute Gasteiger partial charge is 0.426 e. The van der Waals surface area contributed by atoms with E-state index in [1.165, 1.54) is 19.1 Å². The molecule has 2 N–H and O–H groups in total. The number of anilines is 1. The van der Waals surface area contributed by atoms with Gasteiger partial charge in [0.05, 0.1) is 0 Å². The summed E-state index contributed by atoms with van der Waals surface area (Å²) in [6.07, 6.45) is 0. The monoisotopic (exact) mass is 410 g/mol. The number of imide groups is 1. The van der Waals surface area contributed by atoms with Gasteiger partial charge in [0.15, 0.2) is 0 Å². The van der Waals surface area contributed by atoms with Crippen LogP contribution in [-0.4, -0.2) is 17.9 Å². The van der Waals surface area contributed by atoms with Crippen molar-refractivity contribution in [1.82, 2.24) is 5.32 Å². The van der Waals surface area contributed by atoms with Crippen LogP contribution in [0.15, 0.2) is 66.7 Å². The first-order valence-electron chi connectivity index (χ1n) is 8.79. The van der Waals surface area contributed by atoms with Crippen molar-refractivity contribution in [3.8, 4) is 16.9 Å². The fourth-order valence-corrected chi connectivity index (χ4v) is 2.74. The third-order valence-electron chi connectivity index (χ3n) is 3.99. The lowest BCUT2D eigenvalue weighted by Gasteiger charge is -2.13. The Morgan fingerprint density at radius 3 is 2.17 bits per heavy atom. The fourth-order valence-electron chi connectivity index (χ4n) is 2.74. The Morgan fingerprint density at radius 1 is 0.867 bits per heavy atom. The number of ether oxygens (including phenoxy) is 1. The number of hydrogen-bond donors (Lipinski definition) is 2. The molecule has 0 aliphatic rings. The van der Waals surface area contributed by atoms with E-state index in [0.29, 0.717) is 5.56 Å². The van der Waals surface area contributed by atoms with Gasteiger partial charge in [0.2, 0.25) is 0 Å². The highest BCUT2D eigenvalue weighted by Gasteiger charge is 2.19. The Hall–Kier alpha value is -4.07. The second-order valence-electron chi connectivity index (χ2n) is 6.18. The number of esters is 1. The van der Waals surface area contributed by atoms with Crippen molar-refractivity contribution in [2.24, 2.45) is 0 Å². The highest BCUT2D eigenvalue weighted by molar-refractivity contribution is 6.08. The fraction of sp³-hybridized carbons (Fsp3) is 0.0455. The molecule has 0 saturated heterocycles. The molecule has 0 aromatic heterocycles. The summed E-state index contributed by atoms with van der Waals surface area (Å²) in [5.74, 6) is -3.62. The summed E-state index contributed by atoms with van der Waals surface area (Å²) >= 11 is 0. The molecule has 6 nitrogen and oxygen atoms in total. The zero-order valence-electron chi connectivity index (χ0n) is 15.7. The van der Waals surface area contributed by atoms with E-state index in [2.05, 4.69) is 5.32 Å². The molecule has 152 valence electrons. The van der Waals surface area contributed by atoms with Gasteiger partial charge in [-0.2, -0.15) is 0 Å². The molecule has 30 heavy (non-hydrogen) atoms. The lowest BCUT2D eigenvalue weighted by atomic mass is 10.0. The molecule has 3 aromatic rings. The smallest absolute Gasteiger partial charge is 0.326 e. The minimum Gasteiger partial charge on any atom is -0.426 e. The number of rotatable bonds is 4. The molecule has 0 unspecified atom stereocenters. The highest BCUT2D eigenvalue weighted by Crippen LogP contribution is 2.32. The molecule has 8 heteroatoms. The molecule has 0 bridgehead atoms. The van der Waals surface area contributed by atoms with Crippen LogP contribution in [0.4, 0.5) is 19.3 Å². The predicted octanol–water partition coefficient (Wildman–Crippen LogP) is 4.52. The van der Waals surface area contributed by atoms with Crippen molar-refractivity contribution < 1.29 is 27.9 Å². The predicted molar refractivity (Wildman–Crippen MR) is 106 cm³/mol. The normalized spacial score (nSPS) is 10.2. The van der Waals surface area contributed by atoms with Crippen molar-refractivity contribution >= 4 is 23.6 Å². The van der Waals surface area contributed by atoms with Gasteiger partial charge in [0.25, 0.3) is 5.91 Å². The van der Waals surface area contributed by atoms with Gasteiger partial charge in [-0.3, -0.25) is 14.9 Å². The van der Waals surface area contributed by atoms with E-state index in [0.717, 1.165) is 23.8 Å². The molecule has 0 spiro atoms. The summed E-state index contributed by atoms with van der Waals surface area (Å²) in [5.41, 5.74) is 0.657. The summed E-state index contributed by atoms with van der Waals surface area (Å²) in [6.45, 7) is 1.27. The molecule has 0 radical (unpaired) electrons. The second kappa shape index (κ2) is 8.95. The van der Waals surface area contributed by atoms with Crippen LogP contribution < -0.4 is 15.4 Å². The maximum Gasteiger partial charge on any atom is 0.326 e. The Morgan fingerprint density at radius 2 is 1.53 bits per heavy atom. The van der Waals surface area contributed by atoms with E-state index in [-0.39, 0.29) is 11.4 Å². The van der Waals surface area contributed by atoms with E-state index < -0.39 is 35.1 Å². The number of amides is 3. The van der Waals surface area contributed by atoms with E-state index in [1.807, 2.05) is 11.4 Å². The summed E-state index contributed by atoms with van der Waals surface area (Å²) in [6, 6.07) is 15.4. The molecule has 3 rings (SSSR count). The quantitative estimate of drug-likeness (QED) is 0.489. The molecular weight excluding hydrogens is 394 g/mol. The first-order chi connectivity index (χ1) is 14.3. The van der Waals surface area contributed by atoms with Crippen molar-refractivity contribution in [3.63, 3.8) is 0 Å². The van der Waals surface area contributed by atoms with Crippen molar-refractivity contribution in [1.29, 1.82) is 0 Å². The van der Waals surface area contributed by atoms with Gasteiger partial charge in [0.1, 0.15) is 22.9 Å². The van der Waals surface area contributed by atoms with E-state index in [4.69, 9.17) is 4.74 Å². The van der Waals surface area contributed by atoms with E-state index >= 15 is 0 Å². The number of hydrogen-bond acceptors (Lipinski definition) is 4. The van der Waals surface area contributed by atoms with Gasteiger partial charge in [-0.15, -0.1) is 0 Å². The number of urea groups is 1. The molecule has 3 amide bonds. The van der Waals surface area contributed by atoms with Gasteiger partial charge in [-0.25, -0.2) is 13.6 Å². The molecule has 0 atom stereocenters. The summed E-state index contributed by atoms with van der Waals surface area (Å²) in [5, 5.41) is 4.29. The minimum absolute atomic E-state index is 0.268. The molecule has 0 fully saturated rings. The number of benzene rings is 3. The molecule has 0 aliphatic heterocycles. The van der Waals surface area contributed by atoms with Gasteiger partial charge in [-0.1, -0.05) is 36.4 Å². The second-order valence-corrected chi connectivity index (χ2v) is 6.18. The lowest BCUT2D eigenvalue weighted by molar-refractivity contribution is -0.131. The van der Waals surface area contributed by atoms with Crippen LogP contribution in [0.2, 0.25) is 0 Å². The van der Waals surface area contributed by atoms with Gasteiger partial charge >= 0.3 is 12.0 Å². The van der Waals surface area contributed by atoms with Crippen LogP contribution in [0.3, 0.4) is 0 Å². The van der Waals surface area contributed by atoms with E-state index in [9.17, 15) is 23.2 Å². The van der Waals surface area contributed by atoms with E-state index in [1.54, 1.807) is 30.3 Å². The Kier molecular flexibility index (Phi) is 6.17. The third-order valence-corrected chi connectivity index (χ3v) is 3.99. The highest BCUT2D eigenvalue weighted by atomic mass is 19.1. The third kappa shape index (κ3) is 4.85. The molecule has 3 aromatic carbocycles. The first kappa shape index (κ1) is 20.7. The number of halogens is 2. The summed E-state index contributed by atoms with van der Waals surface area (Å²) in [4.78, 5) is 35.6. The van der Waals surface area contributed by atoms with Gasteiger partial charge in [-0.05, 0) is 35.9 Å².